The molecule has 3 N–H and O–H groups in total. The molecule has 2 rings (SSSR count). The molecule has 0 aliphatic carbocycles. The number of esters is 2. The number of carbonyl (C=O) groups excluding carboxylic acids is 2. The zero-order valence-electron chi connectivity index (χ0n) is 23.1. The average molecular weight is 549 g/mol. The van der Waals surface area contributed by atoms with Gasteiger partial charge in [0.15, 0.2) is 12.6 Å². The monoisotopic (exact) mass is 548 g/mol. The van der Waals surface area contributed by atoms with Crippen LogP contribution >= 0.6 is 0 Å². The van der Waals surface area contributed by atoms with Crippen molar-refractivity contribution in [3.05, 3.63) is 0 Å². The molecule has 0 amide bonds. The molecule has 222 valence electrons. The van der Waals surface area contributed by atoms with Crippen molar-refractivity contribution in [1.29, 1.82) is 0 Å². The number of aliphatic hydroxyl groups excluding tert-OH is 3. The minimum absolute atomic E-state index is 0.178. The molecule has 8 atom stereocenters. The van der Waals surface area contributed by atoms with E-state index in [9.17, 15) is 24.9 Å². The number of hydrogen-bond acceptors (Lipinski definition) is 11. The Kier molecular flexibility index (Phi) is 15.6. The van der Waals surface area contributed by atoms with Crippen LogP contribution in [0.1, 0.15) is 90.9 Å². The van der Waals surface area contributed by atoms with Crippen LogP contribution in [0.4, 0.5) is 0 Å². The van der Waals surface area contributed by atoms with E-state index in [1.165, 1.54) is 7.11 Å². The molecular formula is C27H48O11. The van der Waals surface area contributed by atoms with Gasteiger partial charge in [0, 0.05) is 20.0 Å². The van der Waals surface area contributed by atoms with E-state index in [1.807, 2.05) is 0 Å². The summed E-state index contributed by atoms with van der Waals surface area (Å²) in [5.41, 5.74) is 0. The Morgan fingerprint density at radius 1 is 0.658 bits per heavy atom. The van der Waals surface area contributed by atoms with Crippen LogP contribution in [0.15, 0.2) is 0 Å². The Morgan fingerprint density at radius 3 is 1.63 bits per heavy atom. The van der Waals surface area contributed by atoms with Crippen molar-refractivity contribution >= 4 is 11.9 Å². The normalized spacial score (nSPS) is 31.0. The predicted molar refractivity (Wildman–Crippen MR) is 136 cm³/mol. The van der Waals surface area contributed by atoms with Crippen LogP contribution in [0.5, 0.6) is 0 Å². The first-order valence-electron chi connectivity index (χ1n) is 14.2. The summed E-state index contributed by atoms with van der Waals surface area (Å²) in [5, 5.41) is 31.5. The molecule has 2 fully saturated rings. The van der Waals surface area contributed by atoms with Crippen LogP contribution in [0.25, 0.3) is 0 Å². The molecule has 11 nitrogen and oxygen atoms in total. The van der Waals surface area contributed by atoms with Crippen LogP contribution in [0.2, 0.25) is 0 Å². The number of unbranched alkanes of at least 4 members (excludes halogenated alkanes) is 8. The fraction of sp³-hybridized carbons (Fsp3) is 0.926. The Morgan fingerprint density at radius 2 is 1.13 bits per heavy atom. The maximum atomic E-state index is 12.0. The van der Waals surface area contributed by atoms with E-state index in [-0.39, 0.29) is 25.6 Å². The van der Waals surface area contributed by atoms with E-state index >= 15 is 0 Å². The summed E-state index contributed by atoms with van der Waals surface area (Å²) in [6.45, 7) is 3.83. The molecule has 2 saturated heterocycles. The van der Waals surface area contributed by atoms with E-state index in [0.29, 0.717) is 6.42 Å². The highest BCUT2D eigenvalue weighted by atomic mass is 16.8. The van der Waals surface area contributed by atoms with Gasteiger partial charge in [-0.2, -0.15) is 0 Å². The third kappa shape index (κ3) is 10.7. The summed E-state index contributed by atoms with van der Waals surface area (Å²) in [6.07, 6.45) is 1.30. The van der Waals surface area contributed by atoms with Crippen LogP contribution < -0.4 is 0 Å². The summed E-state index contributed by atoms with van der Waals surface area (Å²) >= 11 is 0. The van der Waals surface area contributed by atoms with Crippen LogP contribution in [0, 0.1) is 0 Å². The molecule has 2 heterocycles. The van der Waals surface area contributed by atoms with Gasteiger partial charge in [-0.15, -0.1) is 0 Å². The van der Waals surface area contributed by atoms with E-state index < -0.39 is 55.2 Å². The SMILES string of the molecule is CCCCCCCC(=O)OC[C@H]1O[C@@H](O[C@@H]2[C@@H](OC)O[C@H](COC(=O)CCCCCCC)[C@H]2O)[C@@H](O)[C@@H]1O. The second kappa shape index (κ2) is 18.1. The Balaban J connectivity index is 1.77. The Bertz CT molecular complexity index is 675. The number of rotatable bonds is 19. The molecule has 0 spiro atoms. The molecule has 0 radical (unpaired) electrons. The number of methoxy groups -OCH3 is 1. The molecular weight excluding hydrogens is 500 g/mol. The van der Waals surface area contributed by atoms with Crippen LogP contribution in [-0.4, -0.2) is 96.8 Å². The summed E-state index contributed by atoms with van der Waals surface area (Å²) in [4.78, 5) is 24.0. The fourth-order valence-corrected chi connectivity index (χ4v) is 4.53. The lowest BCUT2D eigenvalue weighted by Crippen LogP contribution is -2.43. The number of carbonyl (C=O) groups is 2. The van der Waals surface area contributed by atoms with E-state index in [0.717, 1.165) is 64.2 Å². The molecule has 2 aliphatic rings. The lowest BCUT2D eigenvalue weighted by Gasteiger charge is -2.25. The third-order valence-corrected chi connectivity index (χ3v) is 6.92. The highest BCUT2D eigenvalue weighted by molar-refractivity contribution is 5.69. The second-order valence-corrected chi connectivity index (χ2v) is 10.1. The van der Waals surface area contributed by atoms with E-state index in [1.54, 1.807) is 0 Å². The van der Waals surface area contributed by atoms with Crippen molar-refractivity contribution in [3.63, 3.8) is 0 Å². The second-order valence-electron chi connectivity index (χ2n) is 10.1. The van der Waals surface area contributed by atoms with E-state index in [4.69, 9.17) is 28.4 Å². The minimum Gasteiger partial charge on any atom is -0.463 e. The minimum atomic E-state index is -1.44. The summed E-state index contributed by atoms with van der Waals surface area (Å²) < 4.78 is 32.7. The fourth-order valence-electron chi connectivity index (χ4n) is 4.53. The predicted octanol–water partition coefficient (Wildman–Crippen LogP) is 2.36. The summed E-state index contributed by atoms with van der Waals surface area (Å²) in [6, 6.07) is 0. The molecule has 38 heavy (non-hydrogen) atoms. The first kappa shape index (κ1) is 32.9. The topological polar surface area (TPSA) is 150 Å². The molecule has 0 aromatic heterocycles. The van der Waals surface area contributed by atoms with Crippen molar-refractivity contribution in [3.8, 4) is 0 Å². The average Bonchev–Trinajstić information content (AvgIpc) is 3.36. The van der Waals surface area contributed by atoms with Crippen LogP contribution in [-0.2, 0) is 38.0 Å². The summed E-state index contributed by atoms with van der Waals surface area (Å²) in [7, 11) is 1.36. The van der Waals surface area contributed by atoms with Crippen LogP contribution in [0.3, 0.4) is 0 Å². The van der Waals surface area contributed by atoms with Gasteiger partial charge in [-0.1, -0.05) is 65.2 Å². The van der Waals surface area contributed by atoms with Gasteiger partial charge in [0.2, 0.25) is 0 Å². The Labute approximate surface area is 226 Å². The molecule has 2 aliphatic heterocycles. The molecule has 0 bridgehead atoms. The summed E-state index contributed by atoms with van der Waals surface area (Å²) in [5.74, 6) is -0.764. The quantitative estimate of drug-likeness (QED) is 0.161. The smallest absolute Gasteiger partial charge is 0.305 e. The standard InChI is InChI=1S/C27H48O11/c1-4-6-8-10-12-14-20(28)34-16-18-22(30)24(32)26(36-18)38-25-23(31)19(37-27(25)33-3)17-35-21(29)15-13-11-9-7-5-2/h18-19,22-27,30-32H,4-17H2,1-3H3/t18-,19-,22-,23-,24+,25+,26+,27+/m1/s1. The number of ether oxygens (including phenoxy) is 6. The van der Waals surface area contributed by atoms with Crippen molar-refractivity contribution in [2.45, 2.75) is 140 Å². The highest BCUT2D eigenvalue weighted by Gasteiger charge is 2.51. The van der Waals surface area contributed by atoms with Crippen molar-refractivity contribution in [1.82, 2.24) is 0 Å². The van der Waals surface area contributed by atoms with Gasteiger partial charge in [-0.25, -0.2) is 0 Å². The molecule has 11 heteroatoms. The molecule has 0 aromatic rings. The molecule has 0 aromatic carbocycles. The van der Waals surface area contributed by atoms with Crippen molar-refractivity contribution in [2.75, 3.05) is 20.3 Å². The Hall–Kier alpha value is -1.34. The lowest BCUT2D eigenvalue weighted by atomic mass is 10.1. The molecule has 0 unspecified atom stereocenters. The first-order chi connectivity index (χ1) is 18.3. The first-order valence-corrected chi connectivity index (χ1v) is 14.2. The van der Waals surface area contributed by atoms with Gasteiger partial charge in [-0.3, -0.25) is 9.59 Å². The maximum absolute atomic E-state index is 12.0. The number of aliphatic hydroxyl groups is 3. The molecule has 0 saturated carbocycles. The zero-order chi connectivity index (χ0) is 27.9. The maximum Gasteiger partial charge on any atom is 0.305 e. The van der Waals surface area contributed by atoms with Crippen molar-refractivity contribution in [2.24, 2.45) is 0 Å². The van der Waals surface area contributed by atoms with Gasteiger partial charge in [0.05, 0.1) is 0 Å². The van der Waals surface area contributed by atoms with Gasteiger partial charge in [0.1, 0.15) is 49.8 Å². The third-order valence-electron chi connectivity index (χ3n) is 6.92. The van der Waals surface area contributed by atoms with Gasteiger partial charge >= 0.3 is 11.9 Å². The van der Waals surface area contributed by atoms with Gasteiger partial charge in [0.25, 0.3) is 0 Å². The zero-order valence-corrected chi connectivity index (χ0v) is 23.1. The van der Waals surface area contributed by atoms with Gasteiger partial charge < -0.3 is 43.7 Å². The lowest BCUT2D eigenvalue weighted by molar-refractivity contribution is -0.242. The van der Waals surface area contributed by atoms with Crippen molar-refractivity contribution < 1.29 is 53.3 Å². The van der Waals surface area contributed by atoms with Gasteiger partial charge in [-0.05, 0) is 12.8 Å². The van der Waals surface area contributed by atoms with E-state index in [2.05, 4.69) is 13.8 Å². The largest absolute Gasteiger partial charge is 0.463 e. The number of hydrogen-bond donors (Lipinski definition) is 3. The highest BCUT2D eigenvalue weighted by Crippen LogP contribution is 2.31.